The molecule has 16 heavy (non-hydrogen) atoms. The summed E-state index contributed by atoms with van der Waals surface area (Å²) in [6.07, 6.45) is 5.24. The first-order chi connectivity index (χ1) is 7.69. The number of nitrogens with one attached hydrogen (secondary N) is 1. The molecule has 1 nitrogen and oxygen atoms in total. The summed E-state index contributed by atoms with van der Waals surface area (Å²) < 4.78 is 0. The van der Waals surface area contributed by atoms with Crippen LogP contribution in [0.15, 0.2) is 18.2 Å². The highest BCUT2D eigenvalue weighted by Gasteiger charge is 2.23. The van der Waals surface area contributed by atoms with E-state index in [1.54, 1.807) is 0 Å². The molecule has 1 aliphatic carbocycles. The van der Waals surface area contributed by atoms with Crippen LogP contribution >= 0.6 is 11.6 Å². The Bertz CT molecular complexity index is 362. The highest BCUT2D eigenvalue weighted by Crippen LogP contribution is 2.32. The molecule has 2 heteroatoms. The highest BCUT2D eigenvalue weighted by atomic mass is 35.5. The zero-order valence-corrected chi connectivity index (χ0v) is 10.8. The minimum Gasteiger partial charge on any atom is -0.381 e. The fourth-order valence-corrected chi connectivity index (χ4v) is 2.82. The lowest BCUT2D eigenvalue weighted by molar-refractivity contribution is 0.525. The van der Waals surface area contributed by atoms with Crippen LogP contribution < -0.4 is 5.32 Å². The van der Waals surface area contributed by atoms with Gasteiger partial charge in [0, 0.05) is 6.04 Å². The number of halogens is 1. The van der Waals surface area contributed by atoms with Gasteiger partial charge >= 0.3 is 0 Å². The lowest BCUT2D eigenvalue weighted by Crippen LogP contribution is -2.15. The average Bonchev–Trinajstić information content (AvgIpc) is 2.70. The zero-order valence-electron chi connectivity index (χ0n) is 10.1. The molecule has 0 aromatic heterocycles. The lowest BCUT2D eigenvalue weighted by atomic mass is 10.1. The summed E-state index contributed by atoms with van der Waals surface area (Å²) >= 11 is 6.22. The molecule has 0 bridgehead atoms. The third-order valence-corrected chi connectivity index (χ3v) is 3.92. The Morgan fingerprint density at radius 3 is 2.81 bits per heavy atom. The van der Waals surface area contributed by atoms with Gasteiger partial charge in [-0.3, -0.25) is 0 Å². The molecule has 0 spiro atoms. The largest absolute Gasteiger partial charge is 0.381 e. The molecule has 1 aromatic carbocycles. The molecule has 88 valence electrons. The minimum absolute atomic E-state index is 0.616. The molecule has 2 atom stereocenters. The first kappa shape index (κ1) is 11.8. The molecular formula is C14H20ClN. The maximum Gasteiger partial charge on any atom is 0.0640 e. The van der Waals surface area contributed by atoms with Gasteiger partial charge in [0.2, 0.25) is 0 Å². The predicted molar refractivity (Wildman–Crippen MR) is 71.2 cm³/mol. The van der Waals surface area contributed by atoms with Gasteiger partial charge in [0.15, 0.2) is 0 Å². The fourth-order valence-electron chi connectivity index (χ4n) is 2.53. The monoisotopic (exact) mass is 237 g/mol. The molecule has 2 unspecified atom stereocenters. The summed E-state index contributed by atoms with van der Waals surface area (Å²) in [5.74, 6) is 0.904. The van der Waals surface area contributed by atoms with Gasteiger partial charge in [-0.05, 0) is 49.8 Å². The van der Waals surface area contributed by atoms with Crippen LogP contribution in [-0.2, 0) is 0 Å². The van der Waals surface area contributed by atoms with E-state index in [4.69, 9.17) is 11.6 Å². The van der Waals surface area contributed by atoms with Crippen molar-refractivity contribution in [2.45, 2.75) is 45.6 Å². The smallest absolute Gasteiger partial charge is 0.0640 e. The summed E-state index contributed by atoms with van der Waals surface area (Å²) in [5, 5.41) is 4.42. The summed E-state index contributed by atoms with van der Waals surface area (Å²) in [6, 6.07) is 6.85. The van der Waals surface area contributed by atoms with E-state index in [0.29, 0.717) is 6.04 Å². The normalized spacial score (nSPS) is 24.7. The topological polar surface area (TPSA) is 12.0 Å². The van der Waals surface area contributed by atoms with Crippen LogP contribution in [0.2, 0.25) is 5.02 Å². The van der Waals surface area contributed by atoms with E-state index >= 15 is 0 Å². The van der Waals surface area contributed by atoms with Crippen molar-refractivity contribution in [2.75, 3.05) is 5.32 Å². The predicted octanol–water partition coefficient (Wildman–Crippen LogP) is 4.64. The maximum absolute atomic E-state index is 6.22. The molecule has 0 radical (unpaired) electrons. The number of benzene rings is 1. The van der Waals surface area contributed by atoms with Gasteiger partial charge in [0.05, 0.1) is 10.7 Å². The third kappa shape index (κ3) is 2.70. The van der Waals surface area contributed by atoms with Gasteiger partial charge in [0.25, 0.3) is 0 Å². The number of aryl methyl sites for hydroxylation is 1. The molecule has 0 amide bonds. The van der Waals surface area contributed by atoms with Crippen molar-refractivity contribution in [3.63, 3.8) is 0 Å². The number of rotatable bonds is 3. The molecule has 0 heterocycles. The molecule has 1 saturated carbocycles. The lowest BCUT2D eigenvalue weighted by Gasteiger charge is -2.15. The molecule has 1 aliphatic rings. The van der Waals surface area contributed by atoms with E-state index in [1.807, 2.05) is 6.07 Å². The molecular weight excluding hydrogens is 218 g/mol. The van der Waals surface area contributed by atoms with Crippen LogP contribution in [0.4, 0.5) is 5.69 Å². The zero-order chi connectivity index (χ0) is 11.5. The van der Waals surface area contributed by atoms with Crippen LogP contribution in [0.25, 0.3) is 0 Å². The van der Waals surface area contributed by atoms with Crippen LogP contribution in [0.3, 0.4) is 0 Å². The Labute approximate surface area is 103 Å². The summed E-state index contributed by atoms with van der Waals surface area (Å²) in [4.78, 5) is 0. The fraction of sp³-hybridized carbons (Fsp3) is 0.571. The molecule has 1 N–H and O–H groups in total. The van der Waals surface area contributed by atoms with Gasteiger partial charge in [-0.15, -0.1) is 0 Å². The summed E-state index contributed by atoms with van der Waals surface area (Å²) in [7, 11) is 0. The van der Waals surface area contributed by atoms with Gasteiger partial charge in [-0.1, -0.05) is 31.0 Å². The second-order valence-electron chi connectivity index (χ2n) is 4.91. The number of anilines is 1. The highest BCUT2D eigenvalue weighted by molar-refractivity contribution is 6.33. The van der Waals surface area contributed by atoms with Gasteiger partial charge in [-0.25, -0.2) is 0 Å². The van der Waals surface area contributed by atoms with Crippen molar-refractivity contribution in [2.24, 2.45) is 5.92 Å². The van der Waals surface area contributed by atoms with E-state index in [1.165, 1.54) is 31.2 Å². The van der Waals surface area contributed by atoms with E-state index in [-0.39, 0.29) is 0 Å². The molecule has 2 rings (SSSR count). The first-order valence-electron chi connectivity index (χ1n) is 6.21. The third-order valence-electron chi connectivity index (χ3n) is 3.60. The molecule has 0 saturated heterocycles. The minimum atomic E-state index is 0.616. The van der Waals surface area contributed by atoms with Crippen molar-refractivity contribution in [1.29, 1.82) is 0 Å². The standard InChI is InChI=1S/C14H20ClN/c1-3-11-5-6-12(9-11)16-14-7-4-10(2)8-13(14)15/h4,7-8,11-12,16H,3,5-6,9H2,1-2H3. The van der Waals surface area contributed by atoms with E-state index in [2.05, 4.69) is 31.3 Å². The van der Waals surface area contributed by atoms with Crippen LogP contribution in [-0.4, -0.2) is 6.04 Å². The van der Waals surface area contributed by atoms with Gasteiger partial charge in [-0.2, -0.15) is 0 Å². The SMILES string of the molecule is CCC1CCC(Nc2ccc(C)cc2Cl)C1. The van der Waals surface area contributed by atoms with Crippen molar-refractivity contribution in [1.82, 2.24) is 0 Å². The van der Waals surface area contributed by atoms with Crippen LogP contribution in [0, 0.1) is 12.8 Å². The van der Waals surface area contributed by atoms with Crippen LogP contribution in [0.1, 0.15) is 38.2 Å². The number of hydrogen-bond donors (Lipinski definition) is 1. The molecule has 0 aliphatic heterocycles. The maximum atomic E-state index is 6.22. The van der Waals surface area contributed by atoms with Crippen molar-refractivity contribution in [3.8, 4) is 0 Å². The summed E-state index contributed by atoms with van der Waals surface area (Å²) in [5.41, 5.74) is 2.31. The number of hydrogen-bond acceptors (Lipinski definition) is 1. The summed E-state index contributed by atoms with van der Waals surface area (Å²) in [6.45, 7) is 4.35. The van der Waals surface area contributed by atoms with Crippen molar-refractivity contribution >= 4 is 17.3 Å². The van der Waals surface area contributed by atoms with E-state index in [9.17, 15) is 0 Å². The first-order valence-corrected chi connectivity index (χ1v) is 6.59. The van der Waals surface area contributed by atoms with E-state index in [0.717, 1.165) is 16.6 Å². The van der Waals surface area contributed by atoms with Gasteiger partial charge < -0.3 is 5.32 Å². The molecule has 1 fully saturated rings. The van der Waals surface area contributed by atoms with Gasteiger partial charge in [0.1, 0.15) is 0 Å². The van der Waals surface area contributed by atoms with Crippen LogP contribution in [0.5, 0.6) is 0 Å². The quantitative estimate of drug-likeness (QED) is 0.808. The Morgan fingerprint density at radius 2 is 2.19 bits per heavy atom. The average molecular weight is 238 g/mol. The second-order valence-corrected chi connectivity index (χ2v) is 5.32. The Morgan fingerprint density at radius 1 is 1.38 bits per heavy atom. The molecule has 1 aromatic rings. The second kappa shape index (κ2) is 5.09. The Kier molecular flexibility index (Phi) is 3.75. The Hall–Kier alpha value is -0.690. The van der Waals surface area contributed by atoms with Crippen molar-refractivity contribution in [3.05, 3.63) is 28.8 Å². The Balaban J connectivity index is 1.99. The van der Waals surface area contributed by atoms with E-state index < -0.39 is 0 Å². The van der Waals surface area contributed by atoms with Crippen molar-refractivity contribution < 1.29 is 0 Å².